The number of halogens is 12. The molecule has 0 unspecified atom stereocenters. The summed E-state index contributed by atoms with van der Waals surface area (Å²) in [5, 5.41) is 0.0499. The van der Waals surface area contributed by atoms with Crippen molar-refractivity contribution in [2.45, 2.75) is 24.7 Å². The lowest BCUT2D eigenvalue weighted by Crippen LogP contribution is -2.30. The van der Waals surface area contributed by atoms with Gasteiger partial charge in [-0.05, 0) is 76.3 Å². The van der Waals surface area contributed by atoms with Gasteiger partial charge in [0.25, 0.3) is 11.8 Å². The van der Waals surface area contributed by atoms with E-state index in [1.807, 2.05) is 30.3 Å². The predicted octanol–water partition coefficient (Wildman–Crippen LogP) is 16.3. The van der Waals surface area contributed by atoms with Gasteiger partial charge in [0.1, 0.15) is 0 Å². The highest BCUT2D eigenvalue weighted by molar-refractivity contribution is 6.36. The van der Waals surface area contributed by atoms with Crippen LogP contribution in [0.4, 0.5) is 58.4 Å². The molecule has 1 aliphatic heterocycles. The number of rotatable bonds is 6. The van der Waals surface area contributed by atoms with Crippen molar-refractivity contribution in [1.82, 2.24) is 4.57 Å². The van der Waals surface area contributed by atoms with Crippen molar-refractivity contribution in [3.63, 3.8) is 0 Å². The van der Waals surface area contributed by atoms with Gasteiger partial charge in [-0.1, -0.05) is 121 Å². The molecule has 1 aliphatic rings. The fourth-order valence-electron chi connectivity index (χ4n) is 9.23. The largest absolute Gasteiger partial charge is 0.417 e. The number of carbonyl (C=O) groups excluding carboxylic acids is 2. The molecule has 70 heavy (non-hydrogen) atoms. The Morgan fingerprint density at radius 1 is 0.329 bits per heavy atom. The van der Waals surface area contributed by atoms with Crippen LogP contribution in [0.1, 0.15) is 43.0 Å². The summed E-state index contributed by atoms with van der Waals surface area (Å²) in [6, 6.07) is 36.5. The van der Waals surface area contributed by atoms with Gasteiger partial charge in [-0.25, -0.2) is 4.90 Å². The van der Waals surface area contributed by atoms with Gasteiger partial charge < -0.3 is 4.57 Å². The zero-order valence-electron chi connectivity index (χ0n) is 35.4. The second-order valence-corrected chi connectivity index (χ2v) is 16.4. The Kier molecular flexibility index (Phi) is 10.6. The number of alkyl halides is 12. The minimum atomic E-state index is -5.41. The fourth-order valence-corrected chi connectivity index (χ4v) is 9.23. The molecule has 4 nitrogen and oxygen atoms in total. The number of hydrogen-bond acceptors (Lipinski definition) is 2. The lowest BCUT2D eigenvalue weighted by molar-refractivity contribution is -0.144. The topological polar surface area (TPSA) is 42.3 Å². The highest BCUT2D eigenvalue weighted by Gasteiger charge is 2.43. The van der Waals surface area contributed by atoms with Crippen LogP contribution in [0.2, 0.25) is 0 Å². The first-order valence-corrected chi connectivity index (χ1v) is 21.0. The van der Waals surface area contributed by atoms with Crippen molar-refractivity contribution in [3.8, 4) is 50.2 Å². The van der Waals surface area contributed by atoms with Gasteiger partial charge >= 0.3 is 24.7 Å². The Hall–Kier alpha value is -8.14. The Labute approximate surface area is 388 Å². The summed E-state index contributed by atoms with van der Waals surface area (Å²) in [6.07, 6.45) is -21.2. The van der Waals surface area contributed by atoms with Crippen molar-refractivity contribution in [3.05, 3.63) is 203 Å². The molecule has 0 spiro atoms. The van der Waals surface area contributed by atoms with Crippen LogP contribution in [-0.2, 0) is 24.7 Å². The van der Waals surface area contributed by atoms with Gasteiger partial charge in [-0.3, -0.25) is 9.59 Å². The second kappa shape index (κ2) is 16.2. The molecular weight excluding hydrogens is 937 g/mol. The van der Waals surface area contributed by atoms with Gasteiger partial charge in [0, 0.05) is 27.5 Å². The first-order chi connectivity index (χ1) is 33.1. The van der Waals surface area contributed by atoms with Gasteiger partial charge in [0.2, 0.25) is 0 Å². The monoisotopic (exact) mass is 964 g/mol. The molecule has 0 bridgehead atoms. The van der Waals surface area contributed by atoms with Crippen LogP contribution in [0.25, 0.3) is 72.0 Å². The highest BCUT2D eigenvalue weighted by Crippen LogP contribution is 2.50. The Bertz CT molecular complexity index is 3460. The Morgan fingerprint density at radius 2 is 0.800 bits per heavy atom. The van der Waals surface area contributed by atoms with Crippen LogP contribution in [-0.4, -0.2) is 16.4 Å². The number of para-hydroxylation sites is 2. The van der Waals surface area contributed by atoms with Crippen LogP contribution >= 0.6 is 0 Å². The average molecular weight is 965 g/mol. The molecule has 9 aromatic rings. The normalized spacial score (nSPS) is 13.5. The third kappa shape index (κ3) is 7.63. The van der Waals surface area contributed by atoms with Crippen molar-refractivity contribution >= 4 is 39.3 Å². The van der Waals surface area contributed by atoms with E-state index in [0.29, 0.717) is 41.0 Å². The molecule has 0 atom stereocenters. The number of amides is 2. The summed E-state index contributed by atoms with van der Waals surface area (Å²) in [5.74, 6) is -1.81. The van der Waals surface area contributed by atoms with E-state index in [4.69, 9.17) is 0 Å². The average Bonchev–Trinajstić information content (AvgIpc) is 3.80. The van der Waals surface area contributed by atoms with E-state index in [9.17, 15) is 57.5 Å². The van der Waals surface area contributed by atoms with E-state index >= 15 is 4.79 Å². The van der Waals surface area contributed by atoms with Crippen molar-refractivity contribution < 1.29 is 62.3 Å². The van der Waals surface area contributed by atoms with Crippen molar-refractivity contribution in [2.75, 3.05) is 4.90 Å². The lowest BCUT2D eigenvalue weighted by Gasteiger charge is -2.21. The van der Waals surface area contributed by atoms with Gasteiger partial charge in [0.15, 0.2) is 0 Å². The molecule has 8 aromatic carbocycles. The maximum atomic E-state index is 15.3. The molecule has 0 fully saturated rings. The van der Waals surface area contributed by atoms with Crippen molar-refractivity contribution in [2.24, 2.45) is 0 Å². The standard InChI is InChI=1S/C54H28F12N2O2/c55-51(56,57)32-21-23-34(42(27-32)53(61,62)63)36-14-7-16-38-39-17-8-15-37(35-24-22-33(52(58,59)60)28-43(35)54(64,65)66)48(39)67(47(36)38)45-19-9-18-40-46(45)50(70)68(49(40)69)44-25-20-31(29-10-3-1-4-11-29)26-41(44)30-12-5-2-6-13-30/h1-28H. The van der Waals surface area contributed by atoms with E-state index in [1.165, 1.54) is 42.5 Å². The number of aromatic nitrogens is 1. The first kappa shape index (κ1) is 45.6. The molecule has 0 radical (unpaired) electrons. The molecule has 1 aromatic heterocycles. The number of benzene rings is 8. The van der Waals surface area contributed by atoms with E-state index in [1.54, 1.807) is 48.5 Å². The van der Waals surface area contributed by atoms with Gasteiger partial charge in [-0.2, -0.15) is 52.7 Å². The van der Waals surface area contributed by atoms with Crippen LogP contribution in [0.3, 0.4) is 0 Å². The third-order valence-electron chi connectivity index (χ3n) is 12.3. The number of anilines is 1. The maximum Gasteiger partial charge on any atom is 0.417 e. The number of carbonyl (C=O) groups is 2. The van der Waals surface area contributed by atoms with Gasteiger partial charge in [0.05, 0.1) is 55.8 Å². The summed E-state index contributed by atoms with van der Waals surface area (Å²) in [5.41, 5.74) is -7.72. The second-order valence-electron chi connectivity index (χ2n) is 16.4. The maximum absolute atomic E-state index is 15.3. The Balaban J connectivity index is 1.30. The molecule has 350 valence electrons. The predicted molar refractivity (Wildman–Crippen MR) is 240 cm³/mol. The lowest BCUT2D eigenvalue weighted by atomic mass is 9.94. The summed E-state index contributed by atoms with van der Waals surface area (Å²) in [7, 11) is 0. The number of hydrogen-bond donors (Lipinski definition) is 0. The number of fused-ring (bicyclic) bond motifs is 4. The molecule has 0 saturated carbocycles. The molecule has 0 saturated heterocycles. The summed E-state index contributed by atoms with van der Waals surface area (Å²) in [6.45, 7) is 0. The molecule has 16 heteroatoms. The van der Waals surface area contributed by atoms with E-state index in [2.05, 4.69) is 0 Å². The fraction of sp³-hybridized carbons (Fsp3) is 0.0741. The summed E-state index contributed by atoms with van der Waals surface area (Å²) >= 11 is 0. The molecule has 0 aliphatic carbocycles. The van der Waals surface area contributed by atoms with Crippen LogP contribution in [0, 0.1) is 0 Å². The van der Waals surface area contributed by atoms with E-state index in [0.717, 1.165) is 27.2 Å². The van der Waals surface area contributed by atoms with Crippen LogP contribution in [0.5, 0.6) is 0 Å². The zero-order valence-corrected chi connectivity index (χ0v) is 35.4. The van der Waals surface area contributed by atoms with Crippen LogP contribution in [0.15, 0.2) is 170 Å². The summed E-state index contributed by atoms with van der Waals surface area (Å²) in [4.78, 5) is 30.9. The van der Waals surface area contributed by atoms with Crippen LogP contribution < -0.4 is 4.90 Å². The number of nitrogens with zero attached hydrogens (tertiary/aromatic N) is 2. The molecule has 2 amide bonds. The third-order valence-corrected chi connectivity index (χ3v) is 12.3. The SMILES string of the molecule is O=C1c2cccc(-n3c4c(-c5ccc(C(F)(F)F)cc5C(F)(F)F)cccc4c4cccc(-c5ccc(C(F)(F)F)cc5C(F)(F)F)c43)c2C(=O)N1c1ccc(-c2ccccc2)cc1-c1ccccc1. The summed E-state index contributed by atoms with van der Waals surface area (Å²) < 4.78 is 175. The van der Waals surface area contributed by atoms with E-state index in [-0.39, 0.29) is 56.4 Å². The smallest absolute Gasteiger partial charge is 0.307 e. The quantitative estimate of drug-likeness (QED) is 0.123. The molecule has 0 N–H and O–H groups in total. The number of imide groups is 1. The minimum absolute atomic E-state index is 0.0249. The first-order valence-electron chi connectivity index (χ1n) is 21.0. The molecule has 10 rings (SSSR count). The molecular formula is C54H28F12N2O2. The highest BCUT2D eigenvalue weighted by atomic mass is 19.4. The Morgan fingerprint density at radius 3 is 1.29 bits per heavy atom. The van der Waals surface area contributed by atoms with Gasteiger partial charge in [-0.15, -0.1) is 0 Å². The van der Waals surface area contributed by atoms with E-state index < -0.39 is 81.0 Å². The zero-order chi connectivity index (χ0) is 49.7. The van der Waals surface area contributed by atoms with Crippen molar-refractivity contribution in [1.29, 1.82) is 0 Å². The molecule has 2 heterocycles. The minimum Gasteiger partial charge on any atom is -0.307 e.